The van der Waals surface area contributed by atoms with Crippen molar-refractivity contribution in [1.29, 1.82) is 0 Å². The minimum atomic E-state index is -3.50. The summed E-state index contributed by atoms with van der Waals surface area (Å²) in [5.41, 5.74) is 0. The number of benzene rings is 1. The first kappa shape index (κ1) is 20.7. The molecule has 1 N–H and O–H groups in total. The van der Waals surface area contributed by atoms with E-state index in [2.05, 4.69) is 4.98 Å². The van der Waals surface area contributed by atoms with Crippen LogP contribution in [0.15, 0.2) is 58.6 Å². The van der Waals surface area contributed by atoms with Gasteiger partial charge < -0.3 is 9.84 Å². The Morgan fingerprint density at radius 2 is 1.85 bits per heavy atom. The average molecular weight is 397 g/mol. The highest BCUT2D eigenvalue weighted by Crippen LogP contribution is 2.20. The van der Waals surface area contributed by atoms with Gasteiger partial charge in [-0.05, 0) is 24.3 Å². The van der Waals surface area contributed by atoms with Gasteiger partial charge >= 0.3 is 0 Å². The number of hydrogen-bond donors (Lipinski definition) is 1. The van der Waals surface area contributed by atoms with Crippen LogP contribution in [0.3, 0.4) is 0 Å². The third kappa shape index (κ3) is 5.70. The molecule has 1 aromatic carbocycles. The van der Waals surface area contributed by atoms with Gasteiger partial charge in [0.2, 0.25) is 10.0 Å². The fourth-order valence-corrected chi connectivity index (χ4v) is 4.41. The van der Waals surface area contributed by atoms with Gasteiger partial charge in [0, 0.05) is 25.0 Å². The number of para-hydroxylation sites is 1. The Bertz CT molecular complexity index is 764. The number of pyridine rings is 1. The van der Waals surface area contributed by atoms with Crippen molar-refractivity contribution in [2.45, 2.75) is 29.9 Å². The van der Waals surface area contributed by atoms with Crippen molar-refractivity contribution < 1.29 is 18.3 Å². The summed E-state index contributed by atoms with van der Waals surface area (Å²) in [6.45, 7) is 4.63. The van der Waals surface area contributed by atoms with E-state index < -0.39 is 16.1 Å². The molecule has 142 valence electrons. The van der Waals surface area contributed by atoms with Crippen LogP contribution in [0.25, 0.3) is 0 Å². The van der Waals surface area contributed by atoms with E-state index in [1.54, 1.807) is 26.0 Å². The normalized spacial score (nSPS) is 12.9. The van der Waals surface area contributed by atoms with Crippen molar-refractivity contribution >= 4 is 21.8 Å². The zero-order valence-electron chi connectivity index (χ0n) is 14.9. The topological polar surface area (TPSA) is 79.7 Å². The summed E-state index contributed by atoms with van der Waals surface area (Å²) < 4.78 is 31.7. The Morgan fingerprint density at radius 1 is 1.15 bits per heavy atom. The van der Waals surface area contributed by atoms with Crippen LogP contribution in [0.1, 0.15) is 13.8 Å². The molecular formula is C18H24N2O4S2. The molecule has 0 aliphatic rings. The van der Waals surface area contributed by atoms with Gasteiger partial charge in [0.1, 0.15) is 17.3 Å². The lowest BCUT2D eigenvalue weighted by Crippen LogP contribution is -2.30. The first-order chi connectivity index (χ1) is 12.5. The van der Waals surface area contributed by atoms with E-state index in [1.165, 1.54) is 22.3 Å². The Kier molecular flexibility index (Phi) is 7.89. The van der Waals surface area contributed by atoms with Gasteiger partial charge in [0.05, 0.1) is 11.1 Å². The summed E-state index contributed by atoms with van der Waals surface area (Å²) in [6.07, 6.45) is 0.712. The molecule has 26 heavy (non-hydrogen) atoms. The maximum Gasteiger partial charge on any atom is 0.244 e. The molecule has 0 radical (unpaired) electrons. The summed E-state index contributed by atoms with van der Waals surface area (Å²) in [5, 5.41) is 10.7. The lowest BCUT2D eigenvalue weighted by Gasteiger charge is -2.18. The maximum absolute atomic E-state index is 12.4. The lowest BCUT2D eigenvalue weighted by atomic mass is 10.3. The second-order valence-electron chi connectivity index (χ2n) is 5.51. The number of sulfonamides is 1. The summed E-state index contributed by atoms with van der Waals surface area (Å²) in [4.78, 5) is 4.37. The minimum absolute atomic E-state index is 0.179. The van der Waals surface area contributed by atoms with Gasteiger partial charge in [-0.15, -0.1) is 11.8 Å². The number of aromatic nitrogens is 1. The van der Waals surface area contributed by atoms with E-state index in [-0.39, 0.29) is 11.5 Å². The van der Waals surface area contributed by atoms with Crippen LogP contribution < -0.4 is 4.74 Å². The van der Waals surface area contributed by atoms with E-state index >= 15 is 0 Å². The number of nitrogens with zero attached hydrogens (tertiary/aromatic N) is 2. The Balaban J connectivity index is 1.87. The van der Waals surface area contributed by atoms with Gasteiger partial charge in [-0.25, -0.2) is 13.4 Å². The fraction of sp³-hybridized carbons (Fsp3) is 0.389. The molecule has 0 fully saturated rings. The van der Waals surface area contributed by atoms with E-state index in [0.29, 0.717) is 29.6 Å². The zero-order chi connectivity index (χ0) is 19.0. The number of ether oxygens (including phenoxy) is 1. The van der Waals surface area contributed by atoms with Gasteiger partial charge in [0.25, 0.3) is 0 Å². The monoisotopic (exact) mass is 396 g/mol. The zero-order valence-corrected chi connectivity index (χ0v) is 16.5. The average Bonchev–Trinajstić information content (AvgIpc) is 2.66. The van der Waals surface area contributed by atoms with E-state index in [0.717, 1.165) is 0 Å². The second-order valence-corrected chi connectivity index (χ2v) is 8.49. The first-order valence-corrected chi connectivity index (χ1v) is 10.8. The third-order valence-corrected chi connectivity index (χ3v) is 6.78. The number of thioether (sulfide) groups is 1. The lowest BCUT2D eigenvalue weighted by molar-refractivity contribution is 0.126. The summed E-state index contributed by atoms with van der Waals surface area (Å²) in [5.74, 6) is 1.11. The molecule has 0 aliphatic carbocycles. The molecule has 0 amide bonds. The molecule has 0 unspecified atom stereocenters. The predicted molar refractivity (Wildman–Crippen MR) is 103 cm³/mol. The van der Waals surface area contributed by atoms with Crippen LogP contribution in [0, 0.1) is 0 Å². The molecule has 8 heteroatoms. The van der Waals surface area contributed by atoms with Crippen molar-refractivity contribution in [3.8, 4) is 5.75 Å². The van der Waals surface area contributed by atoms with Crippen molar-refractivity contribution in [2.75, 3.05) is 25.4 Å². The quantitative estimate of drug-likeness (QED) is 0.622. The highest BCUT2D eigenvalue weighted by atomic mass is 32.2. The first-order valence-electron chi connectivity index (χ1n) is 8.42. The molecule has 2 rings (SSSR count). The molecule has 0 bridgehead atoms. The molecule has 1 atom stereocenters. The van der Waals surface area contributed by atoms with Crippen LogP contribution in [-0.2, 0) is 10.0 Å². The molecular weight excluding hydrogens is 372 g/mol. The summed E-state index contributed by atoms with van der Waals surface area (Å²) in [6, 6.07) is 12.5. The van der Waals surface area contributed by atoms with Gasteiger partial charge in [-0.2, -0.15) is 4.31 Å². The molecule has 0 saturated heterocycles. The molecule has 0 aliphatic heterocycles. The van der Waals surface area contributed by atoms with E-state index in [1.807, 2.05) is 30.3 Å². The SMILES string of the molecule is CCN(CC)S(=O)(=O)c1ccc(SC[C@@H](O)COc2ccccc2)nc1. The number of rotatable bonds is 10. The Morgan fingerprint density at radius 3 is 2.42 bits per heavy atom. The minimum Gasteiger partial charge on any atom is -0.491 e. The molecule has 2 aromatic rings. The van der Waals surface area contributed by atoms with Crippen LogP contribution >= 0.6 is 11.8 Å². The Hall–Kier alpha value is -1.61. The van der Waals surface area contributed by atoms with Gasteiger partial charge in [-0.1, -0.05) is 32.0 Å². The van der Waals surface area contributed by atoms with Crippen molar-refractivity contribution in [3.63, 3.8) is 0 Å². The second kappa shape index (κ2) is 9.91. The van der Waals surface area contributed by atoms with Gasteiger partial charge in [0.15, 0.2) is 0 Å². The maximum atomic E-state index is 12.4. The van der Waals surface area contributed by atoms with Crippen molar-refractivity contribution in [3.05, 3.63) is 48.7 Å². The van der Waals surface area contributed by atoms with Crippen LogP contribution in [0.2, 0.25) is 0 Å². The summed E-state index contributed by atoms with van der Waals surface area (Å²) >= 11 is 1.35. The molecule has 6 nitrogen and oxygen atoms in total. The van der Waals surface area contributed by atoms with Crippen LogP contribution in [-0.4, -0.2) is 54.4 Å². The standard InChI is InChI=1S/C18H24N2O4S2/c1-3-20(4-2)26(22,23)17-10-11-18(19-12-17)25-14-15(21)13-24-16-8-6-5-7-9-16/h5-12,15,21H,3-4,13-14H2,1-2H3/t15-/m0/s1. The highest BCUT2D eigenvalue weighted by molar-refractivity contribution is 7.99. The smallest absolute Gasteiger partial charge is 0.244 e. The fourth-order valence-electron chi connectivity index (χ4n) is 2.26. The molecule has 0 saturated carbocycles. The number of aliphatic hydroxyl groups excluding tert-OH is 1. The van der Waals surface area contributed by atoms with E-state index in [4.69, 9.17) is 4.74 Å². The van der Waals surface area contributed by atoms with Crippen LogP contribution in [0.4, 0.5) is 0 Å². The molecule has 1 heterocycles. The number of aliphatic hydroxyl groups is 1. The van der Waals surface area contributed by atoms with Crippen molar-refractivity contribution in [2.24, 2.45) is 0 Å². The third-order valence-electron chi connectivity index (χ3n) is 3.66. The molecule has 1 aromatic heterocycles. The Labute approximate surface area is 159 Å². The largest absolute Gasteiger partial charge is 0.491 e. The van der Waals surface area contributed by atoms with Crippen molar-refractivity contribution in [1.82, 2.24) is 9.29 Å². The highest BCUT2D eigenvalue weighted by Gasteiger charge is 2.21. The molecule has 0 spiro atoms. The number of hydrogen-bond acceptors (Lipinski definition) is 6. The van der Waals surface area contributed by atoms with Crippen LogP contribution in [0.5, 0.6) is 5.75 Å². The van der Waals surface area contributed by atoms with Gasteiger partial charge in [-0.3, -0.25) is 0 Å². The predicted octanol–water partition coefficient (Wildman–Crippen LogP) is 2.64. The summed E-state index contributed by atoms with van der Waals surface area (Å²) in [7, 11) is -3.50. The van der Waals surface area contributed by atoms with E-state index in [9.17, 15) is 13.5 Å².